The molecular formula is C27H27N3O4. The van der Waals surface area contributed by atoms with E-state index in [-0.39, 0.29) is 18.0 Å². The van der Waals surface area contributed by atoms with Gasteiger partial charge in [0.15, 0.2) is 0 Å². The van der Waals surface area contributed by atoms with Crippen molar-refractivity contribution in [2.75, 3.05) is 10.6 Å². The summed E-state index contributed by atoms with van der Waals surface area (Å²) >= 11 is 0. The van der Waals surface area contributed by atoms with Crippen LogP contribution in [0.2, 0.25) is 0 Å². The Labute approximate surface area is 198 Å². The maximum Gasteiger partial charge on any atom is 0.326 e. The number of aryl methyl sites for hydroxylation is 1. The van der Waals surface area contributed by atoms with Crippen molar-refractivity contribution in [2.24, 2.45) is 0 Å². The third kappa shape index (κ3) is 4.50. The third-order valence-electron chi connectivity index (χ3n) is 6.14. The summed E-state index contributed by atoms with van der Waals surface area (Å²) in [4.78, 5) is 38.3. The number of carbonyl (C=O) groups is 3. The van der Waals surface area contributed by atoms with Gasteiger partial charge in [-0.3, -0.25) is 4.79 Å². The lowest BCUT2D eigenvalue weighted by Crippen LogP contribution is -2.42. The molecule has 2 atom stereocenters. The molecule has 1 heterocycles. The van der Waals surface area contributed by atoms with Gasteiger partial charge in [-0.1, -0.05) is 37.3 Å². The zero-order valence-electron chi connectivity index (χ0n) is 19.3. The molecule has 0 aromatic heterocycles. The lowest BCUT2D eigenvalue weighted by atomic mass is 9.98. The molecule has 1 aliphatic heterocycles. The highest BCUT2D eigenvalue weighted by Crippen LogP contribution is 2.38. The normalized spacial score (nSPS) is 15.6. The number of anilines is 2. The average Bonchev–Trinajstić information content (AvgIpc) is 3.04. The van der Waals surface area contributed by atoms with E-state index in [0.29, 0.717) is 17.7 Å². The van der Waals surface area contributed by atoms with E-state index in [4.69, 9.17) is 0 Å². The topological polar surface area (TPSA) is 98.7 Å². The molecule has 174 valence electrons. The van der Waals surface area contributed by atoms with Crippen LogP contribution in [0.1, 0.15) is 47.8 Å². The van der Waals surface area contributed by atoms with Crippen molar-refractivity contribution >= 4 is 29.3 Å². The van der Waals surface area contributed by atoms with Crippen LogP contribution in [0, 0.1) is 6.92 Å². The first kappa shape index (κ1) is 23.0. The van der Waals surface area contributed by atoms with Gasteiger partial charge in [0.25, 0.3) is 5.91 Å². The van der Waals surface area contributed by atoms with E-state index in [0.717, 1.165) is 27.9 Å². The number of carboxylic acid groups (broad SMARTS) is 1. The van der Waals surface area contributed by atoms with Crippen molar-refractivity contribution < 1.29 is 19.5 Å². The third-order valence-corrected chi connectivity index (χ3v) is 6.14. The lowest BCUT2D eigenvalue weighted by Gasteiger charge is -2.28. The van der Waals surface area contributed by atoms with Gasteiger partial charge in [-0.15, -0.1) is 0 Å². The van der Waals surface area contributed by atoms with Crippen LogP contribution in [0.25, 0.3) is 11.1 Å². The second-order valence-electron chi connectivity index (χ2n) is 8.48. The number of hydrogen-bond acceptors (Lipinski definition) is 3. The molecule has 7 heteroatoms. The minimum Gasteiger partial charge on any atom is -0.480 e. The molecule has 0 spiro atoms. The quantitative estimate of drug-likeness (QED) is 0.443. The minimum absolute atomic E-state index is 0.248. The van der Waals surface area contributed by atoms with Gasteiger partial charge in [0, 0.05) is 16.9 Å². The standard InChI is InChI=1S/C27H27N3O4/c1-4-24(26(32)33)30-17(3)23-15-19(10-13-22(23)25(30)31)18-8-11-20(12-9-18)28-27(34)29-21-7-5-6-16(2)14-21/h5-15,17,24H,4H2,1-3H3,(H,32,33)(H2,28,29,34). The van der Waals surface area contributed by atoms with Gasteiger partial charge in [0.1, 0.15) is 6.04 Å². The zero-order valence-corrected chi connectivity index (χ0v) is 19.3. The van der Waals surface area contributed by atoms with Crippen molar-refractivity contribution in [3.8, 4) is 11.1 Å². The van der Waals surface area contributed by atoms with Crippen LogP contribution in [0.3, 0.4) is 0 Å². The van der Waals surface area contributed by atoms with Gasteiger partial charge in [-0.2, -0.15) is 0 Å². The Morgan fingerprint density at radius 1 is 0.971 bits per heavy atom. The Kier molecular flexibility index (Phi) is 6.36. The zero-order chi connectivity index (χ0) is 24.4. The monoisotopic (exact) mass is 457 g/mol. The molecule has 2 unspecified atom stereocenters. The molecule has 3 aromatic rings. The number of nitrogens with one attached hydrogen (secondary N) is 2. The highest BCUT2D eigenvalue weighted by Gasteiger charge is 2.40. The molecule has 0 saturated heterocycles. The number of carbonyl (C=O) groups excluding carboxylic acids is 2. The fourth-order valence-corrected chi connectivity index (χ4v) is 4.41. The van der Waals surface area contributed by atoms with E-state index < -0.39 is 12.0 Å². The molecule has 3 aromatic carbocycles. The number of aliphatic carboxylic acids is 1. The van der Waals surface area contributed by atoms with Gasteiger partial charge in [0.05, 0.1) is 6.04 Å². The summed E-state index contributed by atoms with van der Waals surface area (Å²) in [7, 11) is 0. The first-order valence-electron chi connectivity index (χ1n) is 11.2. The van der Waals surface area contributed by atoms with Gasteiger partial charge >= 0.3 is 12.0 Å². The number of benzene rings is 3. The number of nitrogens with zero attached hydrogens (tertiary/aromatic N) is 1. The average molecular weight is 458 g/mol. The molecule has 7 nitrogen and oxygen atoms in total. The molecule has 0 saturated carbocycles. The van der Waals surface area contributed by atoms with Gasteiger partial charge in [0.2, 0.25) is 0 Å². The number of urea groups is 1. The Hall–Kier alpha value is -4.13. The highest BCUT2D eigenvalue weighted by molar-refractivity contribution is 6.02. The predicted octanol–water partition coefficient (Wildman–Crippen LogP) is 5.69. The molecule has 3 amide bonds. The minimum atomic E-state index is -0.995. The number of carboxylic acids is 1. The summed E-state index contributed by atoms with van der Waals surface area (Å²) in [6.07, 6.45) is 0.345. The molecule has 0 fully saturated rings. The van der Waals surface area contributed by atoms with Crippen molar-refractivity contribution in [3.63, 3.8) is 0 Å². The van der Waals surface area contributed by atoms with E-state index >= 15 is 0 Å². The smallest absolute Gasteiger partial charge is 0.326 e. The van der Waals surface area contributed by atoms with Crippen LogP contribution in [0.15, 0.2) is 66.7 Å². The second kappa shape index (κ2) is 9.39. The molecule has 1 aliphatic rings. The summed E-state index contributed by atoms with van der Waals surface area (Å²) in [5.41, 5.74) is 5.64. The molecular weight excluding hydrogens is 430 g/mol. The fraction of sp³-hybridized carbons (Fsp3) is 0.222. The van der Waals surface area contributed by atoms with Crippen molar-refractivity contribution in [1.82, 2.24) is 4.90 Å². The molecule has 34 heavy (non-hydrogen) atoms. The first-order valence-corrected chi connectivity index (χ1v) is 11.2. The van der Waals surface area contributed by atoms with Crippen molar-refractivity contribution in [1.29, 1.82) is 0 Å². The van der Waals surface area contributed by atoms with Crippen LogP contribution in [-0.4, -0.2) is 34.0 Å². The van der Waals surface area contributed by atoms with E-state index in [1.807, 2.05) is 74.5 Å². The van der Waals surface area contributed by atoms with Crippen LogP contribution < -0.4 is 10.6 Å². The Morgan fingerprint density at radius 2 is 1.65 bits per heavy atom. The summed E-state index contributed by atoms with van der Waals surface area (Å²) < 4.78 is 0. The number of amides is 3. The Bertz CT molecular complexity index is 1250. The van der Waals surface area contributed by atoms with E-state index in [2.05, 4.69) is 10.6 Å². The van der Waals surface area contributed by atoms with Crippen molar-refractivity contribution in [2.45, 2.75) is 39.3 Å². The largest absolute Gasteiger partial charge is 0.480 e. The van der Waals surface area contributed by atoms with Gasteiger partial charge in [-0.05, 0) is 78.9 Å². The molecule has 3 N–H and O–H groups in total. The Morgan fingerprint density at radius 3 is 2.29 bits per heavy atom. The van der Waals surface area contributed by atoms with E-state index in [9.17, 15) is 19.5 Å². The number of hydrogen-bond donors (Lipinski definition) is 3. The first-order chi connectivity index (χ1) is 16.3. The Balaban J connectivity index is 1.49. The number of rotatable bonds is 6. The lowest BCUT2D eigenvalue weighted by molar-refractivity contribution is -0.143. The summed E-state index contributed by atoms with van der Waals surface area (Å²) in [6, 6.07) is 19.1. The van der Waals surface area contributed by atoms with Gasteiger partial charge < -0.3 is 20.6 Å². The highest BCUT2D eigenvalue weighted by atomic mass is 16.4. The molecule has 4 rings (SSSR count). The fourth-order valence-electron chi connectivity index (χ4n) is 4.41. The number of fused-ring (bicyclic) bond motifs is 1. The van der Waals surface area contributed by atoms with Crippen molar-refractivity contribution in [3.05, 3.63) is 83.4 Å². The molecule has 0 bridgehead atoms. The maximum absolute atomic E-state index is 12.9. The van der Waals surface area contributed by atoms with Gasteiger partial charge in [-0.25, -0.2) is 9.59 Å². The second-order valence-corrected chi connectivity index (χ2v) is 8.48. The molecule has 0 radical (unpaired) electrons. The summed E-state index contributed by atoms with van der Waals surface area (Å²) in [5, 5.41) is 15.2. The van der Waals surface area contributed by atoms with Crippen LogP contribution in [0.4, 0.5) is 16.2 Å². The SMILES string of the molecule is CCC(C(=O)O)N1C(=O)c2ccc(-c3ccc(NC(=O)Nc4cccc(C)c4)cc3)cc2C1C. The summed E-state index contributed by atoms with van der Waals surface area (Å²) in [5.74, 6) is -1.24. The van der Waals surface area contributed by atoms with E-state index in [1.54, 1.807) is 13.0 Å². The van der Waals surface area contributed by atoms with Crippen LogP contribution in [-0.2, 0) is 4.79 Å². The molecule has 0 aliphatic carbocycles. The van der Waals surface area contributed by atoms with Crippen LogP contribution >= 0.6 is 0 Å². The van der Waals surface area contributed by atoms with Crippen LogP contribution in [0.5, 0.6) is 0 Å². The summed E-state index contributed by atoms with van der Waals surface area (Å²) in [6.45, 7) is 5.59. The predicted molar refractivity (Wildman–Crippen MR) is 132 cm³/mol. The maximum atomic E-state index is 12.9. The van der Waals surface area contributed by atoms with E-state index in [1.165, 1.54) is 4.90 Å².